The minimum atomic E-state index is -1.14. The molecular formula is C17H27NO3S. The van der Waals surface area contributed by atoms with Crippen LogP contribution in [0.5, 0.6) is 0 Å². The third-order valence-corrected chi connectivity index (χ3v) is 4.57. The molecular weight excluding hydrogens is 298 g/mol. The number of hydrogen-bond acceptors (Lipinski definition) is 4. The van der Waals surface area contributed by atoms with Gasteiger partial charge in [-0.25, -0.2) is 4.79 Å². The predicted molar refractivity (Wildman–Crippen MR) is 91.1 cm³/mol. The lowest BCUT2D eigenvalue weighted by Gasteiger charge is -2.26. The summed E-state index contributed by atoms with van der Waals surface area (Å²) in [6.45, 7) is 13.2. The van der Waals surface area contributed by atoms with Crippen molar-refractivity contribution in [1.29, 1.82) is 0 Å². The molecule has 4 nitrogen and oxygen atoms in total. The van der Waals surface area contributed by atoms with E-state index in [1.165, 1.54) is 0 Å². The minimum Gasteiger partial charge on any atom is -0.598 e. The number of carbonyl (C=O) groups excluding carboxylic acids is 1. The fraction of sp³-hybridized carbons (Fsp3) is 0.588. The van der Waals surface area contributed by atoms with Crippen LogP contribution in [0.3, 0.4) is 0 Å². The van der Waals surface area contributed by atoms with Crippen molar-refractivity contribution in [1.82, 2.24) is 4.72 Å². The molecule has 1 aromatic carbocycles. The topological polar surface area (TPSA) is 61.4 Å². The number of hydrogen-bond donors (Lipinski definition) is 1. The monoisotopic (exact) mass is 325 g/mol. The predicted octanol–water partition coefficient (Wildman–Crippen LogP) is 3.75. The summed E-state index contributed by atoms with van der Waals surface area (Å²) >= 11 is -1.14. The van der Waals surface area contributed by atoms with Gasteiger partial charge in [0.1, 0.15) is 10.3 Å². The highest BCUT2D eigenvalue weighted by Gasteiger charge is 2.28. The minimum absolute atomic E-state index is 0.0623. The van der Waals surface area contributed by atoms with Gasteiger partial charge in [-0.2, -0.15) is 0 Å². The number of esters is 1. The molecule has 0 heterocycles. The van der Waals surface area contributed by atoms with Crippen LogP contribution < -0.4 is 4.72 Å². The van der Waals surface area contributed by atoms with Crippen molar-refractivity contribution in [3.63, 3.8) is 0 Å². The van der Waals surface area contributed by atoms with Gasteiger partial charge < -0.3 is 9.29 Å². The fourth-order valence-corrected chi connectivity index (χ4v) is 2.46. The molecule has 0 aliphatic carbocycles. The zero-order valence-electron chi connectivity index (χ0n) is 14.5. The van der Waals surface area contributed by atoms with E-state index in [0.717, 1.165) is 5.56 Å². The Labute approximate surface area is 137 Å². The third kappa shape index (κ3) is 5.99. The molecule has 1 rings (SSSR count). The standard InChI is InChI=1S/C17H27NO3S/c1-12(18-22(20)17(5,6)7)13-8-10-14(11-9-13)15(19)21-16(2,3)4/h8-12,18H,1-7H3/t12-,22?/m0/s1. The molecule has 124 valence electrons. The first kappa shape index (κ1) is 19.0. The Hall–Kier alpha value is -1.04. The van der Waals surface area contributed by atoms with Crippen molar-refractivity contribution in [2.75, 3.05) is 0 Å². The van der Waals surface area contributed by atoms with E-state index >= 15 is 0 Å². The summed E-state index contributed by atoms with van der Waals surface area (Å²) in [5, 5.41) is 0. The van der Waals surface area contributed by atoms with Crippen molar-refractivity contribution in [2.45, 2.75) is 64.9 Å². The number of carbonyl (C=O) groups is 1. The quantitative estimate of drug-likeness (QED) is 0.676. The molecule has 0 aliphatic rings. The van der Waals surface area contributed by atoms with Gasteiger partial charge in [0.2, 0.25) is 0 Å². The molecule has 0 saturated carbocycles. The van der Waals surface area contributed by atoms with Gasteiger partial charge in [0.05, 0.1) is 11.6 Å². The summed E-state index contributed by atoms with van der Waals surface area (Å²) in [4.78, 5) is 12.0. The largest absolute Gasteiger partial charge is 0.598 e. The van der Waals surface area contributed by atoms with E-state index < -0.39 is 17.0 Å². The summed E-state index contributed by atoms with van der Waals surface area (Å²) in [5.74, 6) is -0.335. The van der Waals surface area contributed by atoms with Crippen molar-refractivity contribution in [3.05, 3.63) is 35.4 Å². The van der Waals surface area contributed by atoms with Gasteiger partial charge in [0, 0.05) is 11.4 Å². The molecule has 1 unspecified atom stereocenters. The molecule has 1 N–H and O–H groups in total. The highest BCUT2D eigenvalue weighted by atomic mass is 32.2. The van der Waals surface area contributed by atoms with Gasteiger partial charge in [0.25, 0.3) is 0 Å². The van der Waals surface area contributed by atoms with E-state index in [-0.39, 0.29) is 16.8 Å². The second kappa shape index (κ2) is 7.02. The first-order chi connectivity index (χ1) is 9.90. The summed E-state index contributed by atoms with van der Waals surface area (Å²) in [5.41, 5.74) is 0.988. The molecule has 0 spiro atoms. The highest BCUT2D eigenvalue weighted by Crippen LogP contribution is 2.20. The van der Waals surface area contributed by atoms with Crippen LogP contribution in [0.15, 0.2) is 24.3 Å². The van der Waals surface area contributed by atoms with Gasteiger partial charge in [-0.15, -0.1) is 4.72 Å². The van der Waals surface area contributed by atoms with Gasteiger partial charge in [0.15, 0.2) is 0 Å². The SMILES string of the molecule is C[C@H](N[S+]([O-])C(C)(C)C)c1ccc(C(=O)OC(C)(C)C)cc1. The Morgan fingerprint density at radius 3 is 2.05 bits per heavy atom. The fourth-order valence-electron chi connectivity index (χ4n) is 1.65. The lowest BCUT2D eigenvalue weighted by Crippen LogP contribution is -2.40. The van der Waals surface area contributed by atoms with Crippen LogP contribution >= 0.6 is 0 Å². The number of rotatable bonds is 4. The maximum atomic E-state index is 12.1. The zero-order valence-corrected chi connectivity index (χ0v) is 15.3. The summed E-state index contributed by atoms with van der Waals surface area (Å²) in [6, 6.07) is 7.13. The molecule has 0 bridgehead atoms. The number of ether oxygens (including phenoxy) is 1. The van der Waals surface area contributed by atoms with Crippen LogP contribution in [0.2, 0.25) is 0 Å². The van der Waals surface area contributed by atoms with Crippen LogP contribution in [-0.4, -0.2) is 20.9 Å². The highest BCUT2D eigenvalue weighted by molar-refractivity contribution is 7.90. The Morgan fingerprint density at radius 2 is 1.64 bits per heavy atom. The number of nitrogens with one attached hydrogen (secondary N) is 1. The summed E-state index contributed by atoms with van der Waals surface area (Å²) in [7, 11) is 0. The second-order valence-corrected chi connectivity index (χ2v) is 9.34. The van der Waals surface area contributed by atoms with Crippen LogP contribution in [0, 0.1) is 0 Å². The maximum absolute atomic E-state index is 12.1. The molecule has 0 aromatic heterocycles. The van der Waals surface area contributed by atoms with E-state index in [2.05, 4.69) is 4.72 Å². The van der Waals surface area contributed by atoms with Crippen LogP contribution in [-0.2, 0) is 16.1 Å². The molecule has 1 aromatic rings. The average molecular weight is 325 g/mol. The molecule has 22 heavy (non-hydrogen) atoms. The second-order valence-electron chi connectivity index (χ2n) is 7.34. The van der Waals surface area contributed by atoms with Crippen molar-refractivity contribution >= 4 is 17.3 Å². The molecule has 0 fully saturated rings. The van der Waals surface area contributed by atoms with E-state index in [0.29, 0.717) is 5.56 Å². The van der Waals surface area contributed by atoms with Crippen LogP contribution in [0.4, 0.5) is 0 Å². The lowest BCUT2D eigenvalue weighted by molar-refractivity contribution is 0.00695. The lowest BCUT2D eigenvalue weighted by atomic mass is 10.1. The molecule has 5 heteroatoms. The van der Waals surface area contributed by atoms with E-state index in [4.69, 9.17) is 4.74 Å². The maximum Gasteiger partial charge on any atom is 0.338 e. The van der Waals surface area contributed by atoms with E-state index in [1.807, 2.05) is 60.6 Å². The van der Waals surface area contributed by atoms with Crippen molar-refractivity contribution in [2.24, 2.45) is 0 Å². The molecule has 0 radical (unpaired) electrons. The van der Waals surface area contributed by atoms with Crippen molar-refractivity contribution in [3.8, 4) is 0 Å². The Kier molecular flexibility index (Phi) is 6.07. The summed E-state index contributed by atoms with van der Waals surface area (Å²) in [6.07, 6.45) is 0. The Bertz CT molecular complexity index is 500. The summed E-state index contributed by atoms with van der Waals surface area (Å²) < 4.78 is 20.2. The Balaban J connectivity index is 2.74. The van der Waals surface area contributed by atoms with E-state index in [9.17, 15) is 9.35 Å². The van der Waals surface area contributed by atoms with Gasteiger partial charge >= 0.3 is 5.97 Å². The Morgan fingerprint density at radius 1 is 1.14 bits per heavy atom. The normalized spacial score (nSPS) is 15.3. The van der Waals surface area contributed by atoms with E-state index in [1.54, 1.807) is 12.1 Å². The molecule has 0 saturated heterocycles. The molecule has 0 aliphatic heterocycles. The molecule has 0 amide bonds. The van der Waals surface area contributed by atoms with Gasteiger partial charge in [-0.05, 0) is 66.2 Å². The van der Waals surface area contributed by atoms with Gasteiger partial charge in [-0.3, -0.25) is 0 Å². The number of benzene rings is 1. The van der Waals surface area contributed by atoms with Crippen LogP contribution in [0.25, 0.3) is 0 Å². The van der Waals surface area contributed by atoms with Crippen molar-refractivity contribution < 1.29 is 14.1 Å². The smallest absolute Gasteiger partial charge is 0.338 e. The average Bonchev–Trinajstić information content (AvgIpc) is 2.35. The third-order valence-electron chi connectivity index (χ3n) is 2.89. The van der Waals surface area contributed by atoms with Gasteiger partial charge in [-0.1, -0.05) is 12.1 Å². The zero-order chi connectivity index (χ0) is 17.1. The first-order valence-corrected chi connectivity index (χ1v) is 8.56. The first-order valence-electron chi connectivity index (χ1n) is 7.41. The molecule has 2 atom stereocenters. The van der Waals surface area contributed by atoms with Crippen LogP contribution in [0.1, 0.15) is 70.4 Å².